The molecule has 0 aliphatic heterocycles. The highest BCUT2D eigenvalue weighted by atomic mass is 15.2. The number of anilines is 1. The number of nitriles is 1. The lowest BCUT2D eigenvalue weighted by molar-refractivity contribution is 0.868. The zero-order valence-corrected chi connectivity index (χ0v) is 10.4. The average Bonchev–Trinajstić information content (AvgIpc) is 2.41. The molecule has 1 atom stereocenters. The van der Waals surface area contributed by atoms with Gasteiger partial charge in [-0.25, -0.2) is 0 Å². The van der Waals surface area contributed by atoms with Gasteiger partial charge in [0.2, 0.25) is 0 Å². The van der Waals surface area contributed by atoms with Crippen LogP contribution in [0.4, 0.5) is 5.82 Å². The molecule has 18 heavy (non-hydrogen) atoms. The van der Waals surface area contributed by atoms with Crippen LogP contribution in [0.5, 0.6) is 0 Å². The van der Waals surface area contributed by atoms with Crippen molar-refractivity contribution in [2.24, 2.45) is 0 Å². The minimum absolute atomic E-state index is 0.366. The van der Waals surface area contributed by atoms with Crippen LogP contribution in [0.3, 0.4) is 0 Å². The number of benzene rings is 1. The van der Waals surface area contributed by atoms with Gasteiger partial charge in [-0.1, -0.05) is 30.3 Å². The highest BCUT2D eigenvalue weighted by Crippen LogP contribution is 2.22. The van der Waals surface area contributed by atoms with Gasteiger partial charge in [-0.3, -0.25) is 0 Å². The molecule has 0 aliphatic rings. The maximum Gasteiger partial charge on any atom is 0.150 e. The standard InChI is InChI=1S/C14H14N4/c1-18(2)14-9-8-13(16-17-14)12(10-15)11-6-4-3-5-7-11/h3-9,12H,1-2H3/t12-/m1/s1. The van der Waals surface area contributed by atoms with Crippen molar-refractivity contribution in [2.75, 3.05) is 19.0 Å². The van der Waals surface area contributed by atoms with E-state index >= 15 is 0 Å². The molecule has 4 heteroatoms. The number of aromatic nitrogens is 2. The quantitative estimate of drug-likeness (QED) is 0.822. The van der Waals surface area contributed by atoms with Crippen LogP contribution in [-0.2, 0) is 0 Å². The Morgan fingerprint density at radius 2 is 1.78 bits per heavy atom. The van der Waals surface area contributed by atoms with Crippen LogP contribution in [0.15, 0.2) is 42.5 Å². The molecule has 1 aromatic carbocycles. The smallest absolute Gasteiger partial charge is 0.150 e. The van der Waals surface area contributed by atoms with Crippen LogP contribution in [0, 0.1) is 11.3 Å². The Hall–Kier alpha value is -2.41. The van der Waals surface area contributed by atoms with E-state index in [0.29, 0.717) is 5.69 Å². The predicted molar refractivity (Wildman–Crippen MR) is 70.3 cm³/mol. The molecule has 0 saturated heterocycles. The van der Waals surface area contributed by atoms with E-state index in [1.54, 1.807) is 0 Å². The second-order valence-corrected chi connectivity index (χ2v) is 4.18. The SMILES string of the molecule is CN(C)c1ccc([C@H](C#N)c2ccccc2)nn1. The number of hydrogen-bond acceptors (Lipinski definition) is 4. The Morgan fingerprint density at radius 1 is 1.06 bits per heavy atom. The summed E-state index contributed by atoms with van der Waals surface area (Å²) < 4.78 is 0. The zero-order valence-electron chi connectivity index (χ0n) is 10.4. The molecule has 0 N–H and O–H groups in total. The van der Waals surface area contributed by atoms with E-state index in [2.05, 4.69) is 16.3 Å². The Balaban J connectivity index is 2.32. The lowest BCUT2D eigenvalue weighted by Crippen LogP contribution is -2.12. The van der Waals surface area contributed by atoms with Gasteiger partial charge in [-0.2, -0.15) is 10.4 Å². The van der Waals surface area contributed by atoms with Gasteiger partial charge in [0.1, 0.15) is 5.92 Å². The molecule has 0 bridgehead atoms. The first-order chi connectivity index (χ1) is 8.72. The highest BCUT2D eigenvalue weighted by molar-refractivity contribution is 5.39. The summed E-state index contributed by atoms with van der Waals surface area (Å²) >= 11 is 0. The molecule has 0 amide bonds. The fourth-order valence-corrected chi connectivity index (χ4v) is 1.68. The van der Waals surface area contributed by atoms with Gasteiger partial charge in [0.05, 0.1) is 11.8 Å². The molecule has 0 saturated carbocycles. The van der Waals surface area contributed by atoms with E-state index in [9.17, 15) is 5.26 Å². The Bertz CT molecular complexity index is 540. The molecule has 90 valence electrons. The molecule has 0 fully saturated rings. The molecule has 4 nitrogen and oxygen atoms in total. The molecule has 0 aliphatic carbocycles. The number of rotatable bonds is 3. The van der Waals surface area contributed by atoms with Crippen LogP contribution in [0.25, 0.3) is 0 Å². The molecule has 2 aromatic rings. The summed E-state index contributed by atoms with van der Waals surface area (Å²) in [5.41, 5.74) is 1.61. The highest BCUT2D eigenvalue weighted by Gasteiger charge is 2.15. The van der Waals surface area contributed by atoms with E-state index in [4.69, 9.17) is 0 Å². The normalized spacial score (nSPS) is 11.6. The first kappa shape index (κ1) is 12.1. The van der Waals surface area contributed by atoms with Gasteiger partial charge in [0.15, 0.2) is 5.82 Å². The summed E-state index contributed by atoms with van der Waals surface area (Å²) in [6, 6.07) is 15.6. The summed E-state index contributed by atoms with van der Waals surface area (Å²) in [7, 11) is 3.81. The van der Waals surface area contributed by atoms with Gasteiger partial charge < -0.3 is 4.90 Å². The monoisotopic (exact) mass is 238 g/mol. The van der Waals surface area contributed by atoms with Crippen molar-refractivity contribution in [3.8, 4) is 6.07 Å². The van der Waals surface area contributed by atoms with Crippen LogP contribution < -0.4 is 4.90 Å². The topological polar surface area (TPSA) is 52.8 Å². The fourth-order valence-electron chi connectivity index (χ4n) is 1.68. The van der Waals surface area contributed by atoms with E-state index in [1.807, 2.05) is 61.5 Å². The van der Waals surface area contributed by atoms with Crippen LogP contribution >= 0.6 is 0 Å². The van der Waals surface area contributed by atoms with Crippen LogP contribution in [0.2, 0.25) is 0 Å². The van der Waals surface area contributed by atoms with Crippen LogP contribution in [0.1, 0.15) is 17.2 Å². The summed E-state index contributed by atoms with van der Waals surface area (Å²) in [4.78, 5) is 1.88. The van der Waals surface area contributed by atoms with E-state index < -0.39 is 0 Å². The summed E-state index contributed by atoms with van der Waals surface area (Å²) in [6.07, 6.45) is 0. The fraction of sp³-hybridized carbons (Fsp3) is 0.214. The van der Waals surface area contributed by atoms with Gasteiger partial charge in [-0.05, 0) is 17.7 Å². The average molecular weight is 238 g/mol. The Labute approximate surface area is 107 Å². The second-order valence-electron chi connectivity index (χ2n) is 4.18. The second kappa shape index (κ2) is 5.28. The maximum absolute atomic E-state index is 9.28. The lowest BCUT2D eigenvalue weighted by atomic mass is 9.97. The van der Waals surface area contributed by atoms with E-state index in [-0.39, 0.29) is 5.92 Å². The minimum Gasteiger partial charge on any atom is -0.361 e. The molecular weight excluding hydrogens is 224 g/mol. The van der Waals surface area contributed by atoms with Gasteiger partial charge >= 0.3 is 0 Å². The summed E-state index contributed by atoms with van der Waals surface area (Å²) in [6.45, 7) is 0. The number of nitrogens with zero attached hydrogens (tertiary/aromatic N) is 4. The van der Waals surface area contributed by atoms with Gasteiger partial charge in [0, 0.05) is 14.1 Å². The Kier molecular flexibility index (Phi) is 3.54. The van der Waals surface area contributed by atoms with Crippen molar-refractivity contribution in [1.82, 2.24) is 10.2 Å². The third kappa shape index (κ3) is 2.46. The molecule has 0 spiro atoms. The third-order valence-electron chi connectivity index (χ3n) is 2.69. The van der Waals surface area contributed by atoms with Crippen molar-refractivity contribution in [2.45, 2.75) is 5.92 Å². The molecule has 2 rings (SSSR count). The van der Waals surface area contributed by atoms with Gasteiger partial charge in [0.25, 0.3) is 0 Å². The van der Waals surface area contributed by atoms with Crippen LogP contribution in [-0.4, -0.2) is 24.3 Å². The van der Waals surface area contributed by atoms with Crippen molar-refractivity contribution in [3.05, 3.63) is 53.7 Å². The van der Waals surface area contributed by atoms with Crippen molar-refractivity contribution in [3.63, 3.8) is 0 Å². The van der Waals surface area contributed by atoms with Gasteiger partial charge in [-0.15, -0.1) is 5.10 Å². The first-order valence-electron chi connectivity index (χ1n) is 5.68. The van der Waals surface area contributed by atoms with E-state index in [0.717, 1.165) is 11.4 Å². The molecule has 0 radical (unpaired) electrons. The molecular formula is C14H14N4. The number of hydrogen-bond donors (Lipinski definition) is 0. The summed E-state index contributed by atoms with van der Waals surface area (Å²) in [5, 5.41) is 17.5. The van der Waals surface area contributed by atoms with E-state index in [1.165, 1.54) is 0 Å². The Morgan fingerprint density at radius 3 is 2.28 bits per heavy atom. The molecule has 0 unspecified atom stereocenters. The summed E-state index contributed by atoms with van der Waals surface area (Å²) in [5.74, 6) is 0.415. The first-order valence-corrected chi connectivity index (χ1v) is 5.68. The lowest BCUT2D eigenvalue weighted by Gasteiger charge is -2.12. The molecule has 1 aromatic heterocycles. The van der Waals surface area contributed by atoms with Crippen molar-refractivity contribution < 1.29 is 0 Å². The minimum atomic E-state index is -0.366. The van der Waals surface area contributed by atoms with Crippen molar-refractivity contribution in [1.29, 1.82) is 5.26 Å². The zero-order chi connectivity index (χ0) is 13.0. The maximum atomic E-state index is 9.28. The largest absolute Gasteiger partial charge is 0.361 e. The van der Waals surface area contributed by atoms with Crippen molar-refractivity contribution >= 4 is 5.82 Å². The predicted octanol–water partition coefficient (Wildman–Crippen LogP) is 2.20. The molecule has 1 heterocycles. The third-order valence-corrected chi connectivity index (χ3v) is 2.69.